The van der Waals surface area contributed by atoms with Crippen molar-refractivity contribution in [1.29, 1.82) is 4.78 Å². The summed E-state index contributed by atoms with van der Waals surface area (Å²) >= 11 is 0. The third-order valence-electron chi connectivity index (χ3n) is 0. The molecule has 0 aromatic carbocycles. The average molecular weight is 114 g/mol. The Hall–Kier alpha value is -0.0300. The van der Waals surface area contributed by atoms with Gasteiger partial charge in [0.15, 0.2) is 0 Å². The van der Waals surface area contributed by atoms with E-state index in [-0.39, 0.29) is 13.5 Å². The van der Waals surface area contributed by atoms with E-state index in [1.54, 1.807) is 0 Å². The van der Waals surface area contributed by atoms with E-state index < -0.39 is 10.5 Å². The Balaban J connectivity index is 0. The van der Waals surface area contributed by atoms with Gasteiger partial charge < -0.3 is 0 Å². The second kappa shape index (κ2) is 3.97. The molecule has 0 bridgehead atoms. The van der Waals surface area contributed by atoms with Crippen molar-refractivity contribution < 1.29 is 8.42 Å². The van der Waals surface area contributed by atoms with Crippen LogP contribution in [0.2, 0.25) is 0 Å². The molecule has 0 fully saturated rings. The van der Waals surface area contributed by atoms with Crippen molar-refractivity contribution in [3.63, 3.8) is 0 Å². The van der Waals surface area contributed by atoms with E-state index in [1.807, 2.05) is 0 Å². The Bertz CT molecular complexity index is 77.0. The highest BCUT2D eigenvalue weighted by molar-refractivity contribution is 7.60. The second-order valence-corrected chi connectivity index (χ2v) is 0.704. The predicted molar refractivity (Wildman–Crippen MR) is 23.2 cm³/mol. The van der Waals surface area contributed by atoms with E-state index in [1.165, 1.54) is 0 Å². The van der Waals surface area contributed by atoms with E-state index in [9.17, 15) is 0 Å². The molecule has 0 heterocycles. The van der Waals surface area contributed by atoms with Crippen LogP contribution in [0.25, 0.3) is 0 Å². The van der Waals surface area contributed by atoms with Crippen LogP contribution in [0.4, 0.5) is 0 Å². The Morgan fingerprint density at radius 3 is 1.40 bits per heavy atom. The molecule has 0 amide bonds. The number of rotatable bonds is 0. The molecule has 0 spiro atoms. The summed E-state index contributed by atoms with van der Waals surface area (Å²) in [6, 6.07) is 0. The number of hydrogen-bond acceptors (Lipinski definition) is 3. The third-order valence-corrected chi connectivity index (χ3v) is 0. The monoisotopic (exact) mass is 114 g/mol. The highest BCUT2D eigenvalue weighted by atomic mass is 32.2. The zero-order chi connectivity index (χ0) is 3.58. The van der Waals surface area contributed by atoms with Gasteiger partial charge in [-0.2, -0.15) is 13.2 Å². The molecule has 0 aromatic rings. The standard InChI is InChI=1S/HNO2S.H2S/c1-4(2)3;/h1H;1H2/p+1. The van der Waals surface area contributed by atoms with E-state index in [2.05, 4.69) is 0 Å². The molecule has 3 nitrogen and oxygen atoms in total. The van der Waals surface area contributed by atoms with Gasteiger partial charge in [-0.05, 0) is 0 Å². The van der Waals surface area contributed by atoms with Gasteiger partial charge in [0.1, 0.15) is 0 Å². The molecular formula is H4NO2S2+. The summed E-state index contributed by atoms with van der Waals surface area (Å²) in [6.07, 6.45) is 0. The largest absolute Gasteiger partial charge is 0.308 e. The SMILES string of the molecule is N=S(=O)=O.[SH3+]. The summed E-state index contributed by atoms with van der Waals surface area (Å²) in [4.78, 5) is 0. The van der Waals surface area contributed by atoms with Crippen molar-refractivity contribution in [3.05, 3.63) is 0 Å². The van der Waals surface area contributed by atoms with Gasteiger partial charge in [-0.15, -0.1) is 0 Å². The highest BCUT2D eigenvalue weighted by Gasteiger charge is 1.32. The minimum atomic E-state index is -2.61. The molecule has 0 aliphatic carbocycles. The fourth-order valence-electron chi connectivity index (χ4n) is 0. The zero-order valence-electron chi connectivity index (χ0n) is 2.30. The molecule has 0 rings (SSSR count). The molecule has 0 radical (unpaired) electrons. The molecule has 0 aliphatic heterocycles. The molecule has 32 valence electrons. The third kappa shape index (κ3) is 17100. The van der Waals surface area contributed by atoms with Crippen LogP contribution >= 0.6 is 0 Å². The lowest BCUT2D eigenvalue weighted by molar-refractivity contribution is 0.620. The molecule has 0 unspecified atom stereocenters. The molecule has 5 heteroatoms. The smallest absolute Gasteiger partial charge is 0.188 e. The molecular weight excluding hydrogens is 110 g/mol. The molecule has 0 saturated carbocycles. The molecule has 0 aromatic heterocycles. The van der Waals surface area contributed by atoms with Crippen molar-refractivity contribution in [2.45, 2.75) is 0 Å². The van der Waals surface area contributed by atoms with Crippen LogP contribution < -0.4 is 0 Å². The van der Waals surface area contributed by atoms with Crippen molar-refractivity contribution in [2.75, 3.05) is 0 Å². The highest BCUT2D eigenvalue weighted by Crippen LogP contribution is 1.15. The van der Waals surface area contributed by atoms with Crippen LogP contribution in [0.3, 0.4) is 0 Å². The minimum Gasteiger partial charge on any atom is -0.188 e. The lowest BCUT2D eigenvalue weighted by Gasteiger charge is -1.18. The van der Waals surface area contributed by atoms with Crippen LogP contribution in [0.15, 0.2) is 0 Å². The van der Waals surface area contributed by atoms with Gasteiger partial charge in [0.05, 0.1) is 0 Å². The van der Waals surface area contributed by atoms with E-state index in [0.29, 0.717) is 0 Å². The first-order valence-corrected chi connectivity index (χ1v) is 1.61. The zero-order valence-corrected chi connectivity index (χ0v) is 4.27. The summed E-state index contributed by atoms with van der Waals surface area (Å²) < 4.78 is 22.8. The lowest BCUT2D eigenvalue weighted by atomic mass is 14.0. The van der Waals surface area contributed by atoms with Crippen molar-refractivity contribution in [2.24, 2.45) is 0 Å². The Labute approximate surface area is 38.0 Å². The van der Waals surface area contributed by atoms with Crippen LogP contribution in [0.5, 0.6) is 0 Å². The van der Waals surface area contributed by atoms with Crippen LogP contribution in [0, 0.1) is 4.78 Å². The molecule has 0 saturated heterocycles. The van der Waals surface area contributed by atoms with Crippen LogP contribution in [-0.4, -0.2) is 8.42 Å². The van der Waals surface area contributed by atoms with Crippen LogP contribution in [-0.2, 0) is 24.0 Å². The normalized spacial score (nSPS) is 4.80. The van der Waals surface area contributed by atoms with Gasteiger partial charge in [-0.1, -0.05) is 13.5 Å². The summed E-state index contributed by atoms with van der Waals surface area (Å²) in [5, 5.41) is 0. The summed E-state index contributed by atoms with van der Waals surface area (Å²) in [7, 11) is -2.61. The van der Waals surface area contributed by atoms with Crippen molar-refractivity contribution >= 4 is 24.0 Å². The summed E-state index contributed by atoms with van der Waals surface area (Å²) in [6.45, 7) is 0. The molecule has 0 aliphatic rings. The fraction of sp³-hybridized carbons (Fsp3) is 0. The molecule has 5 heavy (non-hydrogen) atoms. The van der Waals surface area contributed by atoms with Gasteiger partial charge in [-0.3, -0.25) is 0 Å². The Morgan fingerprint density at radius 1 is 1.40 bits per heavy atom. The summed E-state index contributed by atoms with van der Waals surface area (Å²) in [5.74, 6) is 0. The topological polar surface area (TPSA) is 58.0 Å². The number of nitrogens with one attached hydrogen (secondary N) is 1. The van der Waals surface area contributed by atoms with Crippen molar-refractivity contribution in [3.8, 4) is 0 Å². The van der Waals surface area contributed by atoms with Crippen molar-refractivity contribution in [1.82, 2.24) is 0 Å². The number of hydrogen-bond donors (Lipinski definition) is 1. The van der Waals surface area contributed by atoms with Crippen LogP contribution in [0.1, 0.15) is 0 Å². The molecule has 1 N–H and O–H groups in total. The first-order chi connectivity index (χ1) is 1.73. The first kappa shape index (κ1) is 8.88. The molecule has 0 atom stereocenters. The summed E-state index contributed by atoms with van der Waals surface area (Å²) in [5.41, 5.74) is 0. The van der Waals surface area contributed by atoms with Gasteiger partial charge in [0.2, 0.25) is 0 Å². The van der Waals surface area contributed by atoms with E-state index in [0.717, 1.165) is 0 Å². The maximum atomic E-state index is 8.67. The maximum absolute atomic E-state index is 8.67. The second-order valence-electron chi connectivity index (χ2n) is 0.235. The quantitative estimate of drug-likeness (QED) is 0.403. The minimum absolute atomic E-state index is 0. The van der Waals surface area contributed by atoms with Gasteiger partial charge in [0.25, 0.3) is 0 Å². The lowest BCUT2D eigenvalue weighted by Crippen LogP contribution is -1.34. The predicted octanol–water partition coefficient (Wildman–Crippen LogP) is -1.18. The first-order valence-electron chi connectivity index (χ1n) is 0.537. The van der Waals surface area contributed by atoms with E-state index in [4.69, 9.17) is 13.2 Å². The fourth-order valence-corrected chi connectivity index (χ4v) is 0. The van der Waals surface area contributed by atoms with Gasteiger partial charge in [0, 0.05) is 0 Å². The Kier molecular flexibility index (Phi) is 7.05. The van der Waals surface area contributed by atoms with Gasteiger partial charge >= 0.3 is 10.5 Å². The van der Waals surface area contributed by atoms with Gasteiger partial charge in [-0.25, -0.2) is 0 Å². The van der Waals surface area contributed by atoms with E-state index >= 15 is 0 Å². The Morgan fingerprint density at radius 2 is 1.40 bits per heavy atom. The average Bonchev–Trinajstić information content (AvgIpc) is 0.811. The maximum Gasteiger partial charge on any atom is 0.308 e.